The zero-order valence-electron chi connectivity index (χ0n) is 14.4. The van der Waals surface area contributed by atoms with Crippen LogP contribution in [0, 0.1) is 0 Å². The van der Waals surface area contributed by atoms with Crippen molar-refractivity contribution in [3.63, 3.8) is 0 Å². The first kappa shape index (κ1) is 17.4. The molecule has 0 N–H and O–H groups in total. The van der Waals surface area contributed by atoms with Gasteiger partial charge in [-0.2, -0.15) is 0 Å². The van der Waals surface area contributed by atoms with E-state index in [1.165, 1.54) is 22.3 Å². The summed E-state index contributed by atoms with van der Waals surface area (Å²) in [6.07, 6.45) is 5.73. The van der Waals surface area contributed by atoms with E-state index in [4.69, 9.17) is 4.74 Å². The molecule has 0 saturated carbocycles. The Morgan fingerprint density at radius 1 is 0.880 bits per heavy atom. The van der Waals surface area contributed by atoms with Crippen LogP contribution in [0.3, 0.4) is 0 Å². The molecular weight excluding hydrogens is 312 g/mol. The van der Waals surface area contributed by atoms with Crippen LogP contribution in [0.15, 0.2) is 48.5 Å². The summed E-state index contributed by atoms with van der Waals surface area (Å²) in [6, 6.07) is 16.7. The van der Waals surface area contributed by atoms with Crippen LogP contribution in [0.25, 0.3) is 11.1 Å². The van der Waals surface area contributed by atoms with Gasteiger partial charge in [0.25, 0.3) is 0 Å². The molecule has 0 bridgehead atoms. The van der Waals surface area contributed by atoms with Crippen LogP contribution < -0.4 is 0 Å². The first-order chi connectivity index (χ1) is 12.3. The van der Waals surface area contributed by atoms with Gasteiger partial charge < -0.3 is 9.53 Å². The molecule has 3 rings (SSSR count). The van der Waals surface area contributed by atoms with E-state index in [-0.39, 0.29) is 11.9 Å². The zero-order chi connectivity index (χ0) is 17.5. The van der Waals surface area contributed by atoms with E-state index in [0.717, 1.165) is 32.0 Å². The van der Waals surface area contributed by atoms with E-state index in [9.17, 15) is 9.59 Å². The molecule has 0 unspecified atom stereocenters. The summed E-state index contributed by atoms with van der Waals surface area (Å²) in [5.74, 6) is 0.00110. The molecule has 0 radical (unpaired) electrons. The molecule has 130 valence electrons. The Hall–Kier alpha value is -2.42. The van der Waals surface area contributed by atoms with Crippen molar-refractivity contribution in [3.05, 3.63) is 59.7 Å². The van der Waals surface area contributed by atoms with Crippen LogP contribution in [0.2, 0.25) is 0 Å². The molecule has 2 aromatic carbocycles. The molecule has 3 nitrogen and oxygen atoms in total. The predicted octanol–water partition coefficient (Wildman–Crippen LogP) is 4.88. The van der Waals surface area contributed by atoms with E-state index >= 15 is 0 Å². The van der Waals surface area contributed by atoms with Crippen LogP contribution in [0.1, 0.15) is 55.6 Å². The van der Waals surface area contributed by atoms with Crippen LogP contribution >= 0.6 is 0 Å². The maximum atomic E-state index is 12.0. The minimum absolute atomic E-state index is 0.128. The first-order valence-corrected chi connectivity index (χ1v) is 9.08. The van der Waals surface area contributed by atoms with Crippen molar-refractivity contribution >= 4 is 12.3 Å². The van der Waals surface area contributed by atoms with Gasteiger partial charge in [0, 0.05) is 18.8 Å². The number of hydrogen-bond acceptors (Lipinski definition) is 3. The van der Waals surface area contributed by atoms with Gasteiger partial charge in [-0.25, -0.2) is 0 Å². The fourth-order valence-corrected chi connectivity index (χ4v) is 3.54. The van der Waals surface area contributed by atoms with Gasteiger partial charge in [-0.3, -0.25) is 4.79 Å². The Morgan fingerprint density at radius 3 is 2.12 bits per heavy atom. The number of aldehydes is 1. The number of carbonyl (C=O) groups is 2. The number of ether oxygens (including phenoxy) is 1. The molecule has 1 aliphatic carbocycles. The smallest absolute Gasteiger partial charge is 0.305 e. The number of benzene rings is 2. The Morgan fingerprint density at radius 2 is 1.48 bits per heavy atom. The van der Waals surface area contributed by atoms with Gasteiger partial charge in [-0.05, 0) is 35.1 Å². The molecule has 0 aromatic heterocycles. The van der Waals surface area contributed by atoms with E-state index in [1.807, 2.05) is 12.1 Å². The van der Waals surface area contributed by atoms with Gasteiger partial charge in [0.15, 0.2) is 0 Å². The van der Waals surface area contributed by atoms with Gasteiger partial charge in [-0.1, -0.05) is 61.4 Å². The van der Waals surface area contributed by atoms with Gasteiger partial charge in [0.2, 0.25) is 0 Å². The van der Waals surface area contributed by atoms with E-state index in [1.54, 1.807) is 0 Å². The monoisotopic (exact) mass is 336 g/mol. The highest BCUT2D eigenvalue weighted by molar-refractivity contribution is 5.79. The number of hydrogen-bond donors (Lipinski definition) is 0. The van der Waals surface area contributed by atoms with Crippen molar-refractivity contribution < 1.29 is 14.3 Å². The number of rotatable bonds is 9. The van der Waals surface area contributed by atoms with Crippen LogP contribution in [-0.4, -0.2) is 18.9 Å². The van der Waals surface area contributed by atoms with Crippen LogP contribution in [0.4, 0.5) is 0 Å². The molecule has 1 aliphatic rings. The number of esters is 1. The third-order valence-electron chi connectivity index (χ3n) is 4.83. The van der Waals surface area contributed by atoms with Crippen LogP contribution in [0.5, 0.6) is 0 Å². The summed E-state index contributed by atoms with van der Waals surface area (Å²) in [6.45, 7) is 0.401. The summed E-state index contributed by atoms with van der Waals surface area (Å²) in [5.41, 5.74) is 4.97. The molecule has 0 spiro atoms. The van der Waals surface area contributed by atoms with Crippen molar-refractivity contribution in [1.29, 1.82) is 0 Å². The quantitative estimate of drug-likeness (QED) is 0.372. The van der Waals surface area contributed by atoms with E-state index in [2.05, 4.69) is 36.4 Å². The molecule has 0 fully saturated rings. The standard InChI is InChI=1S/C22H24O3/c23-15-9-3-1-2-4-14-22(24)25-16-21-19-12-7-5-10-17(19)18-11-6-8-13-20(18)21/h5-8,10-13,15,21H,1-4,9,14,16H2. The minimum atomic E-state index is -0.128. The largest absolute Gasteiger partial charge is 0.465 e. The van der Waals surface area contributed by atoms with Crippen molar-refractivity contribution in [3.8, 4) is 11.1 Å². The second-order valence-electron chi connectivity index (χ2n) is 6.53. The van der Waals surface area contributed by atoms with Gasteiger partial charge in [0.05, 0.1) is 0 Å². The summed E-state index contributed by atoms with van der Waals surface area (Å²) >= 11 is 0. The molecular formula is C22H24O3. The lowest BCUT2D eigenvalue weighted by Crippen LogP contribution is -2.12. The van der Waals surface area contributed by atoms with Crippen molar-refractivity contribution in [1.82, 2.24) is 0 Å². The number of carbonyl (C=O) groups excluding carboxylic acids is 2. The molecule has 3 heteroatoms. The summed E-state index contributed by atoms with van der Waals surface area (Å²) < 4.78 is 5.57. The second kappa shape index (κ2) is 8.61. The van der Waals surface area contributed by atoms with Crippen molar-refractivity contribution in [2.24, 2.45) is 0 Å². The lowest BCUT2D eigenvalue weighted by Gasteiger charge is -2.14. The average molecular weight is 336 g/mol. The molecule has 2 aromatic rings. The SMILES string of the molecule is O=CCCCCCCC(=O)OCC1c2ccccc2-c2ccccc21. The average Bonchev–Trinajstić information content (AvgIpc) is 2.97. The summed E-state index contributed by atoms with van der Waals surface area (Å²) in [4.78, 5) is 22.3. The maximum absolute atomic E-state index is 12.0. The van der Waals surface area contributed by atoms with Gasteiger partial charge in [0.1, 0.15) is 12.9 Å². The van der Waals surface area contributed by atoms with E-state index in [0.29, 0.717) is 19.4 Å². The molecule has 0 aliphatic heterocycles. The molecule has 25 heavy (non-hydrogen) atoms. The summed E-state index contributed by atoms with van der Waals surface area (Å²) in [7, 11) is 0. The zero-order valence-corrected chi connectivity index (χ0v) is 14.4. The predicted molar refractivity (Wildman–Crippen MR) is 98.4 cm³/mol. The van der Waals surface area contributed by atoms with Crippen molar-refractivity contribution in [2.45, 2.75) is 44.4 Å². The highest BCUT2D eigenvalue weighted by Crippen LogP contribution is 2.44. The number of fused-ring (bicyclic) bond motifs is 3. The highest BCUT2D eigenvalue weighted by atomic mass is 16.5. The third-order valence-corrected chi connectivity index (χ3v) is 4.83. The first-order valence-electron chi connectivity index (χ1n) is 9.08. The molecule has 0 saturated heterocycles. The topological polar surface area (TPSA) is 43.4 Å². The van der Waals surface area contributed by atoms with Gasteiger partial charge in [-0.15, -0.1) is 0 Å². The summed E-state index contributed by atoms with van der Waals surface area (Å²) in [5, 5.41) is 0. The fourth-order valence-electron chi connectivity index (χ4n) is 3.54. The van der Waals surface area contributed by atoms with Gasteiger partial charge >= 0.3 is 5.97 Å². The Labute approximate surface area is 149 Å². The Bertz CT molecular complexity index is 690. The van der Waals surface area contributed by atoms with Crippen LogP contribution in [-0.2, 0) is 14.3 Å². The highest BCUT2D eigenvalue weighted by Gasteiger charge is 2.28. The molecule has 0 heterocycles. The fraction of sp³-hybridized carbons (Fsp3) is 0.364. The Balaban J connectivity index is 1.53. The molecule has 0 amide bonds. The molecule has 0 atom stereocenters. The minimum Gasteiger partial charge on any atom is -0.465 e. The second-order valence-corrected chi connectivity index (χ2v) is 6.53. The maximum Gasteiger partial charge on any atom is 0.305 e. The normalized spacial score (nSPS) is 12.5. The lowest BCUT2D eigenvalue weighted by molar-refractivity contribution is -0.144. The lowest BCUT2D eigenvalue weighted by atomic mass is 9.98. The van der Waals surface area contributed by atoms with Crippen molar-refractivity contribution in [2.75, 3.05) is 6.61 Å². The Kier molecular flexibility index (Phi) is 5.99. The van der Waals surface area contributed by atoms with E-state index < -0.39 is 0 Å². The number of unbranched alkanes of at least 4 members (excludes halogenated alkanes) is 4. The third kappa shape index (κ3) is 4.16.